The van der Waals surface area contributed by atoms with Crippen LogP contribution in [0, 0.1) is 0 Å². The Kier molecular flexibility index (Phi) is 22.9. The minimum absolute atomic E-state index is 0.0891. The first-order chi connectivity index (χ1) is 13.7. The van der Waals surface area contributed by atoms with Crippen molar-refractivity contribution in [3.8, 4) is 0 Å². The number of rotatable bonds is 22. The number of methoxy groups -OCH3 is 1. The molecule has 0 radical (unpaired) electrons. The van der Waals surface area contributed by atoms with Crippen LogP contribution in [0.2, 0.25) is 0 Å². The monoisotopic (exact) mass is 416 g/mol. The highest BCUT2D eigenvalue weighted by atomic mass is 32.2. The molecule has 0 aromatic carbocycles. The summed E-state index contributed by atoms with van der Waals surface area (Å²) in [6.45, 7) is 2.61. The Morgan fingerprint density at radius 2 is 1.18 bits per heavy atom. The van der Waals surface area contributed by atoms with Crippen LogP contribution in [0.4, 0.5) is 0 Å². The van der Waals surface area contributed by atoms with E-state index in [0.717, 1.165) is 6.42 Å². The fourth-order valence-electron chi connectivity index (χ4n) is 3.61. The van der Waals surface area contributed by atoms with Gasteiger partial charge in [-0.3, -0.25) is 4.79 Å². The maximum atomic E-state index is 11.5. The van der Waals surface area contributed by atoms with Crippen LogP contribution in [0.5, 0.6) is 0 Å². The molecule has 4 heteroatoms. The Morgan fingerprint density at radius 1 is 0.750 bits per heavy atom. The Bertz CT molecular complexity index is 323. The molecule has 0 spiro atoms. The van der Waals surface area contributed by atoms with Crippen LogP contribution in [0.15, 0.2) is 0 Å². The third-order valence-corrected chi connectivity index (χ3v) is 6.82. The lowest BCUT2D eigenvalue weighted by atomic mass is 10.0. The maximum absolute atomic E-state index is 11.5. The molecule has 0 saturated carbocycles. The van der Waals surface area contributed by atoms with Gasteiger partial charge in [-0.05, 0) is 19.3 Å². The van der Waals surface area contributed by atoms with Gasteiger partial charge in [0, 0.05) is 11.9 Å². The van der Waals surface area contributed by atoms with Gasteiger partial charge in [-0.15, -0.1) is 11.8 Å². The van der Waals surface area contributed by atoms with Crippen LogP contribution >= 0.6 is 11.8 Å². The third kappa shape index (κ3) is 20.5. The Hall–Kier alpha value is -0.220. The van der Waals surface area contributed by atoms with E-state index in [2.05, 4.69) is 6.92 Å². The zero-order chi connectivity index (χ0) is 20.7. The van der Waals surface area contributed by atoms with Crippen molar-refractivity contribution in [2.24, 2.45) is 0 Å². The van der Waals surface area contributed by atoms with E-state index in [9.17, 15) is 4.79 Å². The van der Waals surface area contributed by atoms with Gasteiger partial charge in [0.2, 0.25) is 0 Å². The lowest BCUT2D eigenvalue weighted by Crippen LogP contribution is -2.10. The van der Waals surface area contributed by atoms with Crippen LogP contribution in [0.1, 0.15) is 122 Å². The van der Waals surface area contributed by atoms with E-state index in [1.807, 2.05) is 11.8 Å². The van der Waals surface area contributed by atoms with Gasteiger partial charge in [0.05, 0.1) is 12.9 Å². The summed E-state index contributed by atoms with van der Waals surface area (Å²) in [6.07, 6.45) is 23.3. The molecule has 0 heterocycles. The number of ether oxygens (including phenoxy) is 1. The fraction of sp³-hybridized carbons (Fsp3) is 0.958. The first kappa shape index (κ1) is 27.8. The van der Waals surface area contributed by atoms with Crippen molar-refractivity contribution in [3.63, 3.8) is 0 Å². The molecule has 1 atom stereocenters. The van der Waals surface area contributed by atoms with E-state index < -0.39 is 0 Å². The standard InChI is InChI=1S/C24H48O3S/c1-3-4-5-6-7-10-13-16-19-23(28-22-24(26)27-2)20-17-14-11-8-9-12-15-18-21-25/h23,25H,3-22H2,1-2H3. The second-order valence-corrected chi connectivity index (χ2v) is 9.40. The Balaban J connectivity index is 3.77. The number of esters is 1. The second kappa shape index (κ2) is 23.1. The normalized spacial score (nSPS) is 12.2. The van der Waals surface area contributed by atoms with Crippen LogP contribution in [-0.2, 0) is 9.53 Å². The smallest absolute Gasteiger partial charge is 0.315 e. The van der Waals surface area contributed by atoms with Gasteiger partial charge in [0.15, 0.2) is 0 Å². The molecular weight excluding hydrogens is 368 g/mol. The van der Waals surface area contributed by atoms with Gasteiger partial charge in [-0.25, -0.2) is 0 Å². The molecule has 3 nitrogen and oxygen atoms in total. The molecular formula is C24H48O3S. The third-order valence-electron chi connectivity index (χ3n) is 5.48. The number of hydrogen-bond donors (Lipinski definition) is 1. The average Bonchev–Trinajstić information content (AvgIpc) is 2.71. The molecule has 0 aromatic rings. The molecule has 0 amide bonds. The quantitative estimate of drug-likeness (QED) is 0.149. The lowest BCUT2D eigenvalue weighted by molar-refractivity contribution is -0.137. The summed E-state index contributed by atoms with van der Waals surface area (Å²) in [6, 6.07) is 0. The number of unbranched alkanes of at least 4 members (excludes halogenated alkanes) is 14. The first-order valence-electron chi connectivity index (χ1n) is 12.0. The van der Waals surface area contributed by atoms with Gasteiger partial charge < -0.3 is 9.84 Å². The highest BCUT2D eigenvalue weighted by molar-refractivity contribution is 8.00. The highest BCUT2D eigenvalue weighted by Crippen LogP contribution is 2.24. The number of carbonyl (C=O) groups is 1. The van der Waals surface area contributed by atoms with Crippen molar-refractivity contribution in [3.05, 3.63) is 0 Å². The summed E-state index contributed by atoms with van der Waals surface area (Å²) in [5, 5.41) is 9.40. The van der Waals surface area contributed by atoms with Crippen molar-refractivity contribution in [2.75, 3.05) is 19.5 Å². The van der Waals surface area contributed by atoms with Gasteiger partial charge >= 0.3 is 5.97 Å². The zero-order valence-corrected chi connectivity index (χ0v) is 19.7. The largest absolute Gasteiger partial charge is 0.468 e. The predicted molar refractivity (Wildman–Crippen MR) is 124 cm³/mol. The van der Waals surface area contributed by atoms with Gasteiger partial charge in [-0.2, -0.15) is 0 Å². The van der Waals surface area contributed by atoms with Crippen molar-refractivity contribution in [1.29, 1.82) is 0 Å². The molecule has 0 bridgehead atoms. The zero-order valence-electron chi connectivity index (χ0n) is 18.9. The molecule has 168 valence electrons. The van der Waals surface area contributed by atoms with Gasteiger partial charge in [0.25, 0.3) is 0 Å². The molecule has 0 aromatic heterocycles. The minimum Gasteiger partial charge on any atom is -0.468 e. The molecule has 0 saturated heterocycles. The minimum atomic E-state index is -0.0891. The van der Waals surface area contributed by atoms with Crippen molar-refractivity contribution < 1.29 is 14.6 Å². The summed E-state index contributed by atoms with van der Waals surface area (Å²) >= 11 is 1.81. The van der Waals surface area contributed by atoms with E-state index in [-0.39, 0.29) is 5.97 Å². The van der Waals surface area contributed by atoms with E-state index in [1.54, 1.807) is 0 Å². The number of aliphatic hydroxyl groups excluding tert-OH is 1. The van der Waals surface area contributed by atoms with Crippen molar-refractivity contribution in [2.45, 2.75) is 128 Å². The summed E-state index contributed by atoms with van der Waals surface area (Å²) in [5.41, 5.74) is 0. The highest BCUT2D eigenvalue weighted by Gasteiger charge is 2.12. The van der Waals surface area contributed by atoms with Crippen LogP contribution in [0.25, 0.3) is 0 Å². The fourth-order valence-corrected chi connectivity index (χ4v) is 4.76. The molecule has 1 N–H and O–H groups in total. The molecule has 0 aliphatic carbocycles. The van der Waals surface area contributed by atoms with E-state index in [0.29, 0.717) is 17.6 Å². The van der Waals surface area contributed by atoms with E-state index in [4.69, 9.17) is 9.84 Å². The predicted octanol–water partition coefficient (Wildman–Crippen LogP) is 7.30. The van der Waals surface area contributed by atoms with Crippen LogP contribution < -0.4 is 0 Å². The van der Waals surface area contributed by atoms with Crippen LogP contribution in [-0.4, -0.2) is 35.8 Å². The average molecular weight is 417 g/mol. The Morgan fingerprint density at radius 3 is 1.61 bits per heavy atom. The summed E-state index contributed by atoms with van der Waals surface area (Å²) in [5.74, 6) is 0.414. The maximum Gasteiger partial charge on any atom is 0.315 e. The number of aliphatic hydroxyl groups is 1. The van der Waals surface area contributed by atoms with Gasteiger partial charge in [-0.1, -0.05) is 103 Å². The number of thioether (sulfide) groups is 1. The molecule has 1 unspecified atom stereocenters. The van der Waals surface area contributed by atoms with Crippen molar-refractivity contribution >= 4 is 17.7 Å². The molecule has 0 aliphatic heterocycles. The summed E-state index contributed by atoms with van der Waals surface area (Å²) in [4.78, 5) is 11.5. The second-order valence-electron chi connectivity index (χ2n) is 8.11. The summed E-state index contributed by atoms with van der Waals surface area (Å²) in [7, 11) is 1.48. The van der Waals surface area contributed by atoms with Crippen molar-refractivity contribution in [1.82, 2.24) is 0 Å². The molecule has 0 rings (SSSR count). The SMILES string of the molecule is CCCCCCCCCCC(CCCCCCCCCCO)SCC(=O)OC. The van der Waals surface area contributed by atoms with Crippen LogP contribution in [0.3, 0.4) is 0 Å². The molecule has 0 aliphatic rings. The summed E-state index contributed by atoms with van der Waals surface area (Å²) < 4.78 is 4.81. The first-order valence-corrected chi connectivity index (χ1v) is 13.1. The van der Waals surface area contributed by atoms with E-state index >= 15 is 0 Å². The Labute approximate surface area is 179 Å². The number of hydrogen-bond acceptors (Lipinski definition) is 4. The number of carbonyl (C=O) groups excluding carboxylic acids is 1. The van der Waals surface area contributed by atoms with Gasteiger partial charge in [0.1, 0.15) is 0 Å². The lowest BCUT2D eigenvalue weighted by Gasteiger charge is -2.16. The topological polar surface area (TPSA) is 46.5 Å². The molecule has 28 heavy (non-hydrogen) atoms. The molecule has 0 fully saturated rings. The van der Waals surface area contributed by atoms with E-state index in [1.165, 1.54) is 116 Å².